The highest BCUT2D eigenvalue weighted by Gasteiger charge is 2.15. The van der Waals surface area contributed by atoms with E-state index in [1.165, 1.54) is 32.8 Å². The molecule has 0 aliphatic heterocycles. The van der Waals surface area contributed by atoms with Crippen LogP contribution in [0.2, 0.25) is 0 Å². The largest absolute Gasteiger partial charge is 0.468 e. The van der Waals surface area contributed by atoms with Gasteiger partial charge in [-0.3, -0.25) is 9.59 Å². The number of hydrogen-bond acceptors (Lipinski definition) is 3. The average Bonchev–Trinajstić information content (AvgIpc) is 2.41. The first-order valence-corrected chi connectivity index (χ1v) is 7.50. The summed E-state index contributed by atoms with van der Waals surface area (Å²) < 4.78 is 4.61. The van der Waals surface area contributed by atoms with Gasteiger partial charge >= 0.3 is 5.97 Å². The van der Waals surface area contributed by atoms with E-state index in [0.29, 0.717) is 13.0 Å². The van der Waals surface area contributed by atoms with E-state index in [9.17, 15) is 9.59 Å². The molecule has 0 N–H and O–H groups in total. The molecule has 0 radical (unpaired) electrons. The van der Waals surface area contributed by atoms with Crippen LogP contribution < -0.4 is 0 Å². The fourth-order valence-electron chi connectivity index (χ4n) is 2.00. The van der Waals surface area contributed by atoms with Gasteiger partial charge in [-0.2, -0.15) is 0 Å². The average molecular weight is 271 g/mol. The molecule has 0 saturated carbocycles. The molecule has 0 aliphatic carbocycles. The van der Waals surface area contributed by atoms with E-state index in [1.807, 2.05) is 6.92 Å². The first kappa shape index (κ1) is 17.9. The topological polar surface area (TPSA) is 46.6 Å². The fraction of sp³-hybridized carbons (Fsp3) is 0.867. The van der Waals surface area contributed by atoms with Crippen LogP contribution >= 0.6 is 0 Å². The summed E-state index contributed by atoms with van der Waals surface area (Å²) >= 11 is 0. The van der Waals surface area contributed by atoms with Gasteiger partial charge in [-0.05, 0) is 12.8 Å². The Morgan fingerprint density at radius 2 is 1.58 bits per heavy atom. The van der Waals surface area contributed by atoms with Gasteiger partial charge in [0.25, 0.3) is 0 Å². The maximum Gasteiger partial charge on any atom is 0.325 e. The van der Waals surface area contributed by atoms with Crippen molar-refractivity contribution in [3.63, 3.8) is 0 Å². The third-order valence-electron chi connectivity index (χ3n) is 3.14. The Balaban J connectivity index is 3.87. The lowest BCUT2D eigenvalue weighted by molar-refractivity contribution is -0.147. The molecule has 0 bridgehead atoms. The number of nitrogens with zero attached hydrogens (tertiary/aromatic N) is 1. The van der Waals surface area contributed by atoms with E-state index in [2.05, 4.69) is 11.7 Å². The molecular formula is C15H29NO3. The van der Waals surface area contributed by atoms with Gasteiger partial charge in [-0.1, -0.05) is 46.0 Å². The molecule has 0 atom stereocenters. The van der Waals surface area contributed by atoms with Crippen LogP contribution in [0, 0.1) is 0 Å². The van der Waals surface area contributed by atoms with Gasteiger partial charge in [0, 0.05) is 13.0 Å². The van der Waals surface area contributed by atoms with E-state index in [0.717, 1.165) is 19.3 Å². The third-order valence-corrected chi connectivity index (χ3v) is 3.14. The Hall–Kier alpha value is -1.06. The second-order valence-electron chi connectivity index (χ2n) is 4.91. The van der Waals surface area contributed by atoms with Crippen molar-refractivity contribution in [2.24, 2.45) is 0 Å². The number of esters is 1. The molecule has 4 heteroatoms. The molecule has 0 rings (SSSR count). The zero-order valence-electron chi connectivity index (χ0n) is 12.7. The Morgan fingerprint density at radius 3 is 2.16 bits per heavy atom. The van der Waals surface area contributed by atoms with Crippen molar-refractivity contribution in [2.75, 3.05) is 20.2 Å². The Bertz CT molecular complexity index is 254. The van der Waals surface area contributed by atoms with E-state index in [4.69, 9.17) is 0 Å². The lowest BCUT2D eigenvalue weighted by Gasteiger charge is -2.20. The van der Waals surface area contributed by atoms with E-state index < -0.39 is 0 Å². The molecule has 0 saturated heterocycles. The molecule has 0 heterocycles. The normalized spacial score (nSPS) is 10.3. The lowest BCUT2D eigenvalue weighted by atomic mass is 10.1. The highest BCUT2D eigenvalue weighted by atomic mass is 16.5. The summed E-state index contributed by atoms with van der Waals surface area (Å²) in [5.74, 6) is -0.271. The smallest absolute Gasteiger partial charge is 0.325 e. The van der Waals surface area contributed by atoms with E-state index >= 15 is 0 Å². The molecule has 1 amide bonds. The molecule has 112 valence electrons. The van der Waals surface area contributed by atoms with Gasteiger partial charge in [0.2, 0.25) is 5.91 Å². The summed E-state index contributed by atoms with van der Waals surface area (Å²) in [5, 5.41) is 0. The number of ether oxygens (including phenoxy) is 1. The zero-order valence-corrected chi connectivity index (χ0v) is 12.7. The highest BCUT2D eigenvalue weighted by Crippen LogP contribution is 2.08. The second-order valence-corrected chi connectivity index (χ2v) is 4.91. The van der Waals surface area contributed by atoms with Crippen LogP contribution in [-0.4, -0.2) is 37.0 Å². The number of rotatable bonds is 11. The van der Waals surface area contributed by atoms with Gasteiger partial charge in [0.05, 0.1) is 7.11 Å². The summed E-state index contributed by atoms with van der Waals surface area (Å²) in [4.78, 5) is 24.8. The van der Waals surface area contributed by atoms with Crippen LogP contribution in [0.5, 0.6) is 0 Å². The van der Waals surface area contributed by atoms with Crippen LogP contribution in [0.25, 0.3) is 0 Å². The first-order valence-electron chi connectivity index (χ1n) is 7.50. The Labute approximate surface area is 117 Å². The molecular weight excluding hydrogens is 242 g/mol. The summed E-state index contributed by atoms with van der Waals surface area (Å²) in [5.41, 5.74) is 0. The first-order chi connectivity index (χ1) is 9.15. The summed E-state index contributed by atoms with van der Waals surface area (Å²) in [7, 11) is 1.35. The van der Waals surface area contributed by atoms with Gasteiger partial charge in [-0.25, -0.2) is 0 Å². The molecule has 0 aromatic heterocycles. The summed E-state index contributed by atoms with van der Waals surface area (Å²) in [6, 6.07) is 0. The van der Waals surface area contributed by atoms with Crippen molar-refractivity contribution in [3.8, 4) is 0 Å². The molecule has 0 spiro atoms. The molecule has 19 heavy (non-hydrogen) atoms. The van der Waals surface area contributed by atoms with Crippen LogP contribution in [-0.2, 0) is 14.3 Å². The van der Waals surface area contributed by atoms with Crippen molar-refractivity contribution in [1.29, 1.82) is 0 Å². The van der Waals surface area contributed by atoms with Crippen LogP contribution in [0.1, 0.15) is 65.2 Å². The molecule has 0 fully saturated rings. The van der Waals surface area contributed by atoms with Crippen LogP contribution in [0.4, 0.5) is 0 Å². The minimum atomic E-state index is -0.343. The summed E-state index contributed by atoms with van der Waals surface area (Å²) in [6.45, 7) is 4.91. The Morgan fingerprint density at radius 1 is 0.947 bits per heavy atom. The number of amides is 1. The van der Waals surface area contributed by atoms with Crippen molar-refractivity contribution < 1.29 is 14.3 Å². The molecule has 0 aliphatic rings. The van der Waals surface area contributed by atoms with Gasteiger partial charge in [0.15, 0.2) is 0 Å². The SMILES string of the molecule is CCCCCCCCC(=O)N(CCC)CC(=O)OC. The standard InChI is InChI=1S/C15H29NO3/c1-4-6-7-8-9-10-11-14(17)16(12-5-2)13-15(18)19-3/h4-13H2,1-3H3. The zero-order chi connectivity index (χ0) is 14.5. The number of carbonyl (C=O) groups is 2. The monoisotopic (exact) mass is 271 g/mol. The van der Waals surface area contributed by atoms with E-state index in [1.54, 1.807) is 4.90 Å². The van der Waals surface area contributed by atoms with Gasteiger partial charge in [-0.15, -0.1) is 0 Å². The van der Waals surface area contributed by atoms with Gasteiger partial charge in [0.1, 0.15) is 6.54 Å². The van der Waals surface area contributed by atoms with Crippen molar-refractivity contribution in [2.45, 2.75) is 65.2 Å². The Kier molecular flexibility index (Phi) is 11.3. The minimum absolute atomic E-state index is 0.0720. The quantitative estimate of drug-likeness (QED) is 0.428. The maximum atomic E-state index is 12.0. The van der Waals surface area contributed by atoms with Gasteiger partial charge < -0.3 is 9.64 Å². The fourth-order valence-corrected chi connectivity index (χ4v) is 2.00. The third kappa shape index (κ3) is 9.51. The summed E-state index contributed by atoms with van der Waals surface area (Å²) in [6.07, 6.45) is 8.40. The van der Waals surface area contributed by atoms with Crippen molar-refractivity contribution in [3.05, 3.63) is 0 Å². The van der Waals surface area contributed by atoms with Crippen LogP contribution in [0.15, 0.2) is 0 Å². The minimum Gasteiger partial charge on any atom is -0.468 e. The second kappa shape index (κ2) is 12.0. The number of methoxy groups -OCH3 is 1. The van der Waals surface area contributed by atoms with Crippen molar-refractivity contribution in [1.82, 2.24) is 4.90 Å². The number of unbranched alkanes of at least 4 members (excludes halogenated alkanes) is 5. The molecule has 4 nitrogen and oxygen atoms in total. The predicted molar refractivity (Wildman–Crippen MR) is 76.9 cm³/mol. The molecule has 0 aromatic rings. The van der Waals surface area contributed by atoms with Crippen molar-refractivity contribution >= 4 is 11.9 Å². The van der Waals surface area contributed by atoms with Crippen LogP contribution in [0.3, 0.4) is 0 Å². The van der Waals surface area contributed by atoms with E-state index in [-0.39, 0.29) is 18.4 Å². The highest BCUT2D eigenvalue weighted by molar-refractivity contribution is 5.81. The molecule has 0 unspecified atom stereocenters. The maximum absolute atomic E-state index is 12.0. The number of carbonyl (C=O) groups excluding carboxylic acids is 2. The molecule has 0 aromatic carbocycles. The lowest BCUT2D eigenvalue weighted by Crippen LogP contribution is -2.36. The number of hydrogen-bond donors (Lipinski definition) is 0. The predicted octanol–water partition coefficient (Wildman–Crippen LogP) is 3.15.